The molecular weight excluding hydrogens is 357 g/mol. The molecule has 1 saturated heterocycles. The van der Waals surface area contributed by atoms with Crippen molar-refractivity contribution in [2.75, 3.05) is 36.9 Å². The average Bonchev–Trinajstić information content (AvgIpc) is 2.48. The van der Waals surface area contributed by atoms with Gasteiger partial charge in [-0.3, -0.25) is 4.79 Å². The number of hydrogen-bond donors (Lipinski definition) is 2. The first kappa shape index (κ1) is 22.3. The minimum atomic E-state index is 0. The molecule has 1 aliphatic heterocycles. The number of amides is 1. The molecule has 132 valence electrons. The van der Waals surface area contributed by atoms with E-state index in [-0.39, 0.29) is 30.7 Å². The van der Waals surface area contributed by atoms with Crippen molar-refractivity contribution in [1.82, 2.24) is 5.32 Å². The van der Waals surface area contributed by atoms with Gasteiger partial charge in [0.1, 0.15) is 0 Å². The number of carbonyl (C=O) groups excluding carboxylic acids is 1. The zero-order valence-corrected chi connectivity index (χ0v) is 15.8. The van der Waals surface area contributed by atoms with Crippen LogP contribution in [0.2, 0.25) is 5.02 Å². The topological polar surface area (TPSA) is 44.4 Å². The maximum atomic E-state index is 12.0. The molecule has 0 radical (unpaired) electrons. The Morgan fingerprint density at radius 1 is 1.22 bits per heavy atom. The van der Waals surface area contributed by atoms with Gasteiger partial charge in [-0.1, -0.05) is 11.6 Å². The third kappa shape index (κ3) is 7.17. The molecule has 0 saturated carbocycles. The molecule has 0 bridgehead atoms. The van der Waals surface area contributed by atoms with E-state index >= 15 is 0 Å². The van der Waals surface area contributed by atoms with Crippen molar-refractivity contribution in [1.29, 1.82) is 0 Å². The number of nitrogens with zero attached hydrogens (tertiary/aromatic N) is 1. The molecule has 7 heteroatoms. The molecule has 1 aromatic carbocycles. The lowest BCUT2D eigenvalue weighted by atomic mass is 10.1. The molecule has 1 heterocycles. The Morgan fingerprint density at radius 3 is 2.57 bits per heavy atom. The van der Waals surface area contributed by atoms with Gasteiger partial charge >= 0.3 is 0 Å². The number of rotatable bonds is 6. The van der Waals surface area contributed by atoms with E-state index in [1.54, 1.807) is 0 Å². The normalized spacial score (nSPS) is 13.7. The predicted octanol–water partition coefficient (Wildman–Crippen LogP) is 4.11. The molecule has 1 aliphatic rings. The second-order valence-corrected chi connectivity index (χ2v) is 5.90. The van der Waals surface area contributed by atoms with Crippen molar-refractivity contribution in [3.05, 3.63) is 23.2 Å². The monoisotopic (exact) mass is 381 g/mol. The van der Waals surface area contributed by atoms with Crippen molar-refractivity contribution in [3.8, 4) is 0 Å². The summed E-state index contributed by atoms with van der Waals surface area (Å²) in [5.74, 6) is 0.0470. The van der Waals surface area contributed by atoms with Crippen LogP contribution in [0.25, 0.3) is 0 Å². The van der Waals surface area contributed by atoms with Crippen LogP contribution < -0.4 is 15.5 Å². The number of carbonyl (C=O) groups is 1. The van der Waals surface area contributed by atoms with Crippen molar-refractivity contribution < 1.29 is 4.79 Å². The van der Waals surface area contributed by atoms with E-state index in [9.17, 15) is 4.79 Å². The van der Waals surface area contributed by atoms with Crippen LogP contribution in [0.3, 0.4) is 0 Å². The third-order valence-electron chi connectivity index (χ3n) is 3.76. The fourth-order valence-electron chi connectivity index (χ4n) is 2.66. The number of piperidine rings is 1. The predicted molar refractivity (Wildman–Crippen MR) is 104 cm³/mol. The zero-order valence-electron chi connectivity index (χ0n) is 13.4. The highest BCUT2D eigenvalue weighted by Gasteiger charge is 2.16. The number of hydrogen-bond acceptors (Lipinski definition) is 3. The summed E-state index contributed by atoms with van der Waals surface area (Å²) in [4.78, 5) is 14.4. The fourth-order valence-corrected chi connectivity index (χ4v) is 2.83. The molecule has 0 aromatic heterocycles. The lowest BCUT2D eigenvalue weighted by molar-refractivity contribution is -0.116. The minimum absolute atomic E-state index is 0. The maximum Gasteiger partial charge on any atom is 0.224 e. The van der Waals surface area contributed by atoms with Gasteiger partial charge in [-0.05, 0) is 57.5 Å². The Labute approximate surface area is 156 Å². The van der Waals surface area contributed by atoms with Crippen LogP contribution >= 0.6 is 36.4 Å². The Kier molecular flexibility index (Phi) is 11.4. The van der Waals surface area contributed by atoms with E-state index in [0.29, 0.717) is 11.4 Å². The van der Waals surface area contributed by atoms with Crippen LogP contribution in [0.15, 0.2) is 18.2 Å². The minimum Gasteiger partial charge on any atom is -0.370 e. The van der Waals surface area contributed by atoms with E-state index < -0.39 is 0 Å². The first-order chi connectivity index (χ1) is 10.2. The largest absolute Gasteiger partial charge is 0.370 e. The molecule has 1 amide bonds. The first-order valence-corrected chi connectivity index (χ1v) is 8.07. The summed E-state index contributed by atoms with van der Waals surface area (Å²) in [5, 5.41) is 6.72. The van der Waals surface area contributed by atoms with Crippen LogP contribution in [0.1, 0.15) is 32.1 Å². The zero-order chi connectivity index (χ0) is 15.1. The Morgan fingerprint density at radius 2 is 1.91 bits per heavy atom. The molecule has 23 heavy (non-hydrogen) atoms. The molecule has 0 spiro atoms. The Balaban J connectivity index is 0.00000242. The first-order valence-electron chi connectivity index (χ1n) is 7.69. The van der Waals surface area contributed by atoms with E-state index in [4.69, 9.17) is 11.6 Å². The molecular formula is C16H26Cl3N3O. The number of nitrogens with one attached hydrogen (secondary N) is 2. The summed E-state index contributed by atoms with van der Waals surface area (Å²) in [6.07, 6.45) is 5.06. The van der Waals surface area contributed by atoms with E-state index in [1.807, 2.05) is 25.2 Å². The second kappa shape index (κ2) is 11.8. The molecule has 1 aromatic rings. The lowest BCUT2D eigenvalue weighted by Gasteiger charge is -2.30. The van der Waals surface area contributed by atoms with Gasteiger partial charge in [-0.25, -0.2) is 0 Å². The Bertz CT molecular complexity index is 480. The van der Waals surface area contributed by atoms with Gasteiger partial charge in [-0.2, -0.15) is 0 Å². The van der Waals surface area contributed by atoms with Gasteiger partial charge in [0, 0.05) is 24.5 Å². The standard InChI is InChI=1S/C16H24ClN3O.2ClH/c1-18-9-5-6-16(21)19-14-12-13(17)7-8-15(14)20-10-3-2-4-11-20;;/h7-8,12,18H,2-6,9-11H2,1H3,(H,19,21);2*1H. The summed E-state index contributed by atoms with van der Waals surface area (Å²) in [6.45, 7) is 2.94. The van der Waals surface area contributed by atoms with Crippen LogP contribution in [0.4, 0.5) is 11.4 Å². The summed E-state index contributed by atoms with van der Waals surface area (Å²) < 4.78 is 0. The third-order valence-corrected chi connectivity index (χ3v) is 4.00. The van der Waals surface area contributed by atoms with Crippen LogP contribution in [-0.2, 0) is 4.79 Å². The highest BCUT2D eigenvalue weighted by atomic mass is 35.5. The fraction of sp³-hybridized carbons (Fsp3) is 0.562. The summed E-state index contributed by atoms with van der Waals surface area (Å²) in [6, 6.07) is 5.75. The SMILES string of the molecule is CNCCCC(=O)Nc1cc(Cl)ccc1N1CCCCC1.Cl.Cl. The molecule has 0 unspecified atom stereocenters. The van der Waals surface area contributed by atoms with E-state index in [1.165, 1.54) is 19.3 Å². The van der Waals surface area contributed by atoms with Crippen molar-refractivity contribution in [2.24, 2.45) is 0 Å². The lowest BCUT2D eigenvalue weighted by Crippen LogP contribution is -2.30. The van der Waals surface area contributed by atoms with Gasteiger partial charge < -0.3 is 15.5 Å². The van der Waals surface area contributed by atoms with Gasteiger partial charge in [0.05, 0.1) is 11.4 Å². The molecule has 2 N–H and O–H groups in total. The van der Waals surface area contributed by atoms with E-state index in [0.717, 1.165) is 37.4 Å². The van der Waals surface area contributed by atoms with Crippen molar-refractivity contribution >= 4 is 53.7 Å². The summed E-state index contributed by atoms with van der Waals surface area (Å²) >= 11 is 6.09. The van der Waals surface area contributed by atoms with Crippen LogP contribution in [-0.4, -0.2) is 32.6 Å². The maximum absolute atomic E-state index is 12.0. The summed E-state index contributed by atoms with van der Waals surface area (Å²) in [7, 11) is 1.89. The highest BCUT2D eigenvalue weighted by molar-refractivity contribution is 6.31. The quantitative estimate of drug-likeness (QED) is 0.728. The highest BCUT2D eigenvalue weighted by Crippen LogP contribution is 2.31. The van der Waals surface area contributed by atoms with Gasteiger partial charge in [0.25, 0.3) is 0 Å². The summed E-state index contributed by atoms with van der Waals surface area (Å²) in [5.41, 5.74) is 1.92. The van der Waals surface area contributed by atoms with Crippen molar-refractivity contribution in [3.63, 3.8) is 0 Å². The Hall–Kier alpha value is -0.680. The smallest absolute Gasteiger partial charge is 0.224 e. The van der Waals surface area contributed by atoms with Crippen molar-refractivity contribution in [2.45, 2.75) is 32.1 Å². The number of halogens is 3. The van der Waals surface area contributed by atoms with Gasteiger partial charge in [-0.15, -0.1) is 24.8 Å². The average molecular weight is 383 g/mol. The number of benzene rings is 1. The van der Waals surface area contributed by atoms with E-state index in [2.05, 4.69) is 15.5 Å². The number of anilines is 2. The van der Waals surface area contributed by atoms with Crippen LogP contribution in [0, 0.1) is 0 Å². The molecule has 1 fully saturated rings. The van der Waals surface area contributed by atoms with Gasteiger partial charge in [0.2, 0.25) is 5.91 Å². The molecule has 4 nitrogen and oxygen atoms in total. The van der Waals surface area contributed by atoms with Gasteiger partial charge in [0.15, 0.2) is 0 Å². The molecule has 0 atom stereocenters. The van der Waals surface area contributed by atoms with Crippen LogP contribution in [0.5, 0.6) is 0 Å². The molecule has 0 aliphatic carbocycles. The molecule has 2 rings (SSSR count). The second-order valence-electron chi connectivity index (χ2n) is 5.46.